The Morgan fingerprint density at radius 1 is 0.969 bits per heavy atom. The lowest BCUT2D eigenvalue weighted by Gasteiger charge is -2.39. The number of aliphatic hydroxyl groups is 4. The number of phenolic OH excluding ortho intramolecular Hbond substituents is 3. The molecule has 32 heavy (non-hydrogen) atoms. The Labute approximate surface area is 181 Å². The summed E-state index contributed by atoms with van der Waals surface area (Å²) in [4.78, 5) is 12.5. The first-order chi connectivity index (χ1) is 15.2. The summed E-state index contributed by atoms with van der Waals surface area (Å²) in [5.41, 5.74) is 0.175. The highest BCUT2D eigenvalue weighted by molar-refractivity contribution is 6.02. The van der Waals surface area contributed by atoms with Gasteiger partial charge < -0.3 is 50.0 Å². The molecule has 11 nitrogen and oxygen atoms in total. The van der Waals surface area contributed by atoms with Crippen LogP contribution < -0.4 is 9.47 Å². The lowest BCUT2D eigenvalue weighted by molar-refractivity contribution is -0.277. The number of aliphatic hydroxyl groups excluding tert-OH is 4. The summed E-state index contributed by atoms with van der Waals surface area (Å²) < 4.78 is 16.4. The number of fused-ring (bicyclic) bond motifs is 1. The molecule has 0 aromatic heterocycles. The van der Waals surface area contributed by atoms with Crippen molar-refractivity contribution in [3.8, 4) is 28.7 Å². The largest absolute Gasteiger partial charge is 0.508 e. The predicted octanol–water partition coefficient (Wildman–Crippen LogP) is -0.311. The van der Waals surface area contributed by atoms with Gasteiger partial charge in [-0.15, -0.1) is 0 Å². The van der Waals surface area contributed by atoms with Crippen LogP contribution in [0.4, 0.5) is 0 Å². The average Bonchev–Trinajstić information content (AvgIpc) is 2.73. The van der Waals surface area contributed by atoms with Crippen LogP contribution in [-0.2, 0) is 4.74 Å². The number of carbonyl (C=O) groups is 1. The van der Waals surface area contributed by atoms with Crippen LogP contribution in [-0.4, -0.2) is 78.8 Å². The van der Waals surface area contributed by atoms with E-state index >= 15 is 0 Å². The number of aromatic hydroxyl groups is 3. The minimum Gasteiger partial charge on any atom is -0.508 e. The van der Waals surface area contributed by atoms with Gasteiger partial charge in [0, 0.05) is 23.8 Å². The quantitative estimate of drug-likeness (QED) is 0.324. The second-order valence-corrected chi connectivity index (χ2v) is 7.61. The molecule has 0 saturated carbocycles. The van der Waals surface area contributed by atoms with Crippen molar-refractivity contribution in [3.05, 3.63) is 41.5 Å². The number of benzene rings is 2. The summed E-state index contributed by atoms with van der Waals surface area (Å²) in [6, 6.07) is 6.22. The third-order valence-electron chi connectivity index (χ3n) is 5.43. The van der Waals surface area contributed by atoms with E-state index in [9.17, 15) is 40.5 Å². The number of Topliss-reactive ketones (excluding diaryl/α,β-unsaturated/α-hetero) is 1. The first-order valence-electron chi connectivity index (χ1n) is 9.75. The molecule has 0 bridgehead atoms. The average molecular weight is 450 g/mol. The van der Waals surface area contributed by atoms with Gasteiger partial charge in [-0.3, -0.25) is 4.79 Å². The second-order valence-electron chi connectivity index (χ2n) is 7.61. The van der Waals surface area contributed by atoms with Crippen molar-refractivity contribution in [1.82, 2.24) is 0 Å². The van der Waals surface area contributed by atoms with Crippen LogP contribution in [0.3, 0.4) is 0 Å². The number of carbonyl (C=O) groups excluding carboxylic acids is 1. The smallest absolute Gasteiger partial charge is 0.229 e. The number of hydrogen-bond acceptors (Lipinski definition) is 11. The van der Waals surface area contributed by atoms with Crippen molar-refractivity contribution in [2.75, 3.05) is 6.61 Å². The van der Waals surface area contributed by atoms with E-state index in [1.807, 2.05) is 0 Å². The van der Waals surface area contributed by atoms with E-state index in [-0.39, 0.29) is 40.5 Å². The Balaban J connectivity index is 1.53. The zero-order valence-corrected chi connectivity index (χ0v) is 16.5. The van der Waals surface area contributed by atoms with Crippen molar-refractivity contribution in [2.45, 2.75) is 43.2 Å². The lowest BCUT2D eigenvalue weighted by atomic mass is 9.95. The van der Waals surface area contributed by atoms with E-state index in [2.05, 4.69) is 0 Å². The summed E-state index contributed by atoms with van der Waals surface area (Å²) in [7, 11) is 0. The van der Waals surface area contributed by atoms with Crippen molar-refractivity contribution in [2.24, 2.45) is 0 Å². The van der Waals surface area contributed by atoms with Gasteiger partial charge in [0.2, 0.25) is 6.29 Å². The normalized spacial score (nSPS) is 29.8. The minimum atomic E-state index is -1.62. The zero-order valence-electron chi connectivity index (χ0n) is 16.5. The molecule has 172 valence electrons. The highest BCUT2D eigenvalue weighted by Gasteiger charge is 2.44. The maximum atomic E-state index is 12.5. The fourth-order valence-electron chi connectivity index (χ4n) is 3.77. The molecule has 11 heteroatoms. The first kappa shape index (κ1) is 22.1. The van der Waals surface area contributed by atoms with Crippen LogP contribution in [0.25, 0.3) is 0 Å². The molecule has 1 saturated heterocycles. The molecule has 2 aliphatic heterocycles. The second kappa shape index (κ2) is 8.45. The van der Waals surface area contributed by atoms with Crippen LogP contribution in [0.5, 0.6) is 28.7 Å². The monoisotopic (exact) mass is 450 g/mol. The summed E-state index contributed by atoms with van der Waals surface area (Å²) in [6.07, 6.45) is -8.43. The number of rotatable bonds is 4. The summed E-state index contributed by atoms with van der Waals surface area (Å²) in [5.74, 6) is -1.43. The van der Waals surface area contributed by atoms with Gasteiger partial charge in [-0.25, -0.2) is 0 Å². The van der Waals surface area contributed by atoms with E-state index in [0.717, 1.165) is 6.07 Å². The van der Waals surface area contributed by atoms with Crippen LogP contribution >= 0.6 is 0 Å². The van der Waals surface area contributed by atoms with Gasteiger partial charge in [-0.05, 0) is 12.1 Å². The number of hydrogen-bond donors (Lipinski definition) is 7. The Hall–Kier alpha value is -3.09. The van der Waals surface area contributed by atoms with Gasteiger partial charge in [0.1, 0.15) is 64.8 Å². The van der Waals surface area contributed by atoms with E-state index < -0.39 is 54.9 Å². The predicted molar refractivity (Wildman–Crippen MR) is 105 cm³/mol. The molecule has 7 N–H and O–H groups in total. The van der Waals surface area contributed by atoms with E-state index in [1.54, 1.807) is 0 Å². The third kappa shape index (κ3) is 3.92. The SMILES string of the molecule is O=C1CC(c2ccc(O[C@@H]3OC(CO)[C@@H](O)[C@H](O)C3O)cc2O)Oc2cc(O)cc(O)c21. The summed E-state index contributed by atoms with van der Waals surface area (Å²) in [6.45, 7) is -0.616. The Morgan fingerprint density at radius 2 is 1.72 bits per heavy atom. The Bertz CT molecular complexity index is 1020. The van der Waals surface area contributed by atoms with Gasteiger partial charge in [0.05, 0.1) is 13.0 Å². The molecule has 1 fully saturated rings. The van der Waals surface area contributed by atoms with E-state index in [1.165, 1.54) is 24.3 Å². The zero-order chi connectivity index (χ0) is 23.2. The highest BCUT2D eigenvalue weighted by Crippen LogP contribution is 2.43. The van der Waals surface area contributed by atoms with E-state index in [4.69, 9.17) is 14.2 Å². The molecule has 2 heterocycles. The number of ether oxygens (including phenoxy) is 3. The molecule has 4 rings (SSSR count). The molecule has 2 aliphatic rings. The molecule has 0 aliphatic carbocycles. The fourth-order valence-corrected chi connectivity index (χ4v) is 3.77. The van der Waals surface area contributed by atoms with Crippen molar-refractivity contribution < 1.29 is 54.8 Å². The lowest BCUT2D eigenvalue weighted by Crippen LogP contribution is -2.60. The topological polar surface area (TPSA) is 186 Å². The van der Waals surface area contributed by atoms with Crippen molar-refractivity contribution >= 4 is 5.78 Å². The molecule has 6 atom stereocenters. The standard InChI is InChI=1S/C21H22O11/c22-7-16-18(27)19(28)20(29)21(32-16)30-9-1-2-10(11(24)5-9)14-6-13(26)17-12(25)3-8(23)4-15(17)31-14/h1-5,14,16,18-25,27-29H,6-7H2/t14?,16?,18-,19+,20?,21-/m1/s1. The third-order valence-corrected chi connectivity index (χ3v) is 5.43. The minimum absolute atomic E-state index is 0.0233. The van der Waals surface area contributed by atoms with E-state index in [0.29, 0.717) is 0 Å². The molecule has 3 unspecified atom stereocenters. The molecule has 0 amide bonds. The van der Waals surface area contributed by atoms with Gasteiger partial charge in [-0.1, -0.05) is 0 Å². The molecule has 2 aromatic carbocycles. The first-order valence-corrected chi connectivity index (χ1v) is 9.75. The highest BCUT2D eigenvalue weighted by atomic mass is 16.7. The summed E-state index contributed by atoms with van der Waals surface area (Å²) >= 11 is 0. The van der Waals surface area contributed by atoms with Gasteiger partial charge >= 0.3 is 0 Å². The Morgan fingerprint density at radius 3 is 2.41 bits per heavy atom. The van der Waals surface area contributed by atoms with Crippen LogP contribution in [0.2, 0.25) is 0 Å². The van der Waals surface area contributed by atoms with Crippen LogP contribution in [0, 0.1) is 0 Å². The van der Waals surface area contributed by atoms with Crippen molar-refractivity contribution in [1.29, 1.82) is 0 Å². The number of phenols is 3. The Kier molecular flexibility index (Phi) is 5.84. The van der Waals surface area contributed by atoms with Crippen LogP contribution in [0.15, 0.2) is 30.3 Å². The summed E-state index contributed by atoms with van der Waals surface area (Å²) in [5, 5.41) is 69.0. The van der Waals surface area contributed by atoms with Gasteiger partial charge in [0.25, 0.3) is 0 Å². The van der Waals surface area contributed by atoms with Gasteiger partial charge in [-0.2, -0.15) is 0 Å². The number of ketones is 1. The molecule has 2 aromatic rings. The van der Waals surface area contributed by atoms with Crippen molar-refractivity contribution in [3.63, 3.8) is 0 Å². The van der Waals surface area contributed by atoms with Crippen LogP contribution in [0.1, 0.15) is 28.4 Å². The van der Waals surface area contributed by atoms with Gasteiger partial charge in [0.15, 0.2) is 5.78 Å². The molecular weight excluding hydrogens is 428 g/mol. The molecular formula is C21H22O11. The molecule has 0 radical (unpaired) electrons. The maximum absolute atomic E-state index is 12.5. The maximum Gasteiger partial charge on any atom is 0.229 e. The molecule has 0 spiro atoms. The fraction of sp³-hybridized carbons (Fsp3) is 0.381.